The molecule has 1 saturated heterocycles. The fourth-order valence-electron chi connectivity index (χ4n) is 3.37. The highest BCUT2D eigenvalue weighted by atomic mass is 32.2. The minimum absolute atomic E-state index is 0.0511. The van der Waals surface area contributed by atoms with E-state index in [1.807, 2.05) is 0 Å². The Balaban J connectivity index is 1.71. The van der Waals surface area contributed by atoms with Crippen LogP contribution in [0.4, 0.5) is 18.0 Å². The second-order valence-corrected chi connectivity index (χ2v) is 9.38. The maximum absolute atomic E-state index is 12.9. The lowest BCUT2D eigenvalue weighted by Gasteiger charge is -2.19. The largest absolute Gasteiger partial charge is 0.465 e. The van der Waals surface area contributed by atoms with Crippen molar-refractivity contribution in [2.24, 2.45) is 0 Å². The van der Waals surface area contributed by atoms with Crippen LogP contribution in [0.2, 0.25) is 0 Å². The van der Waals surface area contributed by atoms with E-state index in [-0.39, 0.29) is 30.0 Å². The number of halogens is 3. The molecule has 9 nitrogen and oxygen atoms in total. The third kappa shape index (κ3) is 5.54. The van der Waals surface area contributed by atoms with Gasteiger partial charge in [0.05, 0.1) is 23.6 Å². The third-order valence-electron chi connectivity index (χ3n) is 4.66. The van der Waals surface area contributed by atoms with E-state index in [0.717, 1.165) is 29.5 Å². The Morgan fingerprint density at radius 1 is 1.35 bits per heavy atom. The first kappa shape index (κ1) is 22.6. The van der Waals surface area contributed by atoms with Gasteiger partial charge in [-0.3, -0.25) is 4.79 Å². The molecule has 2 heterocycles. The zero-order valence-electron chi connectivity index (χ0n) is 16.1. The number of amides is 2. The summed E-state index contributed by atoms with van der Waals surface area (Å²) in [7, 11) is -3.45. The molecule has 0 bridgehead atoms. The highest BCUT2D eigenvalue weighted by molar-refractivity contribution is 7.90. The summed E-state index contributed by atoms with van der Waals surface area (Å²) >= 11 is 0. The van der Waals surface area contributed by atoms with E-state index in [4.69, 9.17) is 4.42 Å². The van der Waals surface area contributed by atoms with Crippen molar-refractivity contribution < 1.29 is 40.7 Å². The van der Waals surface area contributed by atoms with Gasteiger partial charge in [0, 0.05) is 24.4 Å². The molecule has 3 rings (SSSR count). The van der Waals surface area contributed by atoms with Crippen LogP contribution < -0.4 is 5.32 Å². The molecule has 31 heavy (non-hydrogen) atoms. The molecular formula is C18H18F3N3O6S. The normalized spacial score (nSPS) is 19.4. The van der Waals surface area contributed by atoms with Crippen molar-refractivity contribution >= 4 is 21.8 Å². The van der Waals surface area contributed by atoms with Crippen molar-refractivity contribution in [3.05, 3.63) is 41.9 Å². The summed E-state index contributed by atoms with van der Waals surface area (Å²) in [6.07, 6.45) is -3.69. The van der Waals surface area contributed by atoms with Gasteiger partial charge in [-0.25, -0.2) is 18.2 Å². The van der Waals surface area contributed by atoms with Gasteiger partial charge in [-0.1, -0.05) is 12.1 Å². The van der Waals surface area contributed by atoms with Gasteiger partial charge in [-0.2, -0.15) is 13.2 Å². The predicted octanol–water partition coefficient (Wildman–Crippen LogP) is 2.26. The van der Waals surface area contributed by atoms with Crippen molar-refractivity contribution in [1.82, 2.24) is 15.2 Å². The Morgan fingerprint density at radius 3 is 2.68 bits per heavy atom. The second kappa shape index (κ2) is 8.21. The molecule has 0 spiro atoms. The summed E-state index contributed by atoms with van der Waals surface area (Å²) in [5, 5.41) is 11.8. The molecule has 1 aliphatic heterocycles. The van der Waals surface area contributed by atoms with Gasteiger partial charge in [0.1, 0.15) is 9.84 Å². The van der Waals surface area contributed by atoms with Crippen molar-refractivity contribution in [3.8, 4) is 11.3 Å². The molecule has 0 saturated carbocycles. The quantitative estimate of drug-likeness (QED) is 0.699. The van der Waals surface area contributed by atoms with Gasteiger partial charge < -0.3 is 19.7 Å². The summed E-state index contributed by atoms with van der Waals surface area (Å²) in [6.45, 7) is -0.123. The van der Waals surface area contributed by atoms with E-state index < -0.39 is 51.6 Å². The lowest BCUT2D eigenvalue weighted by atomic mass is 10.1. The van der Waals surface area contributed by atoms with Gasteiger partial charge in [0.2, 0.25) is 0 Å². The SMILES string of the molecule is CS(=O)(=O)C[C@@H]1C[C@@H](NC(=O)c2ncc(-c3cccc(C(F)(F)F)c3)o2)CN1C(=O)O. The molecule has 2 aromatic rings. The smallest absolute Gasteiger partial charge is 0.416 e. The molecule has 2 atom stereocenters. The summed E-state index contributed by atoms with van der Waals surface area (Å²) < 4.78 is 66.9. The van der Waals surface area contributed by atoms with E-state index in [9.17, 15) is 36.3 Å². The number of likely N-dealkylation sites (tertiary alicyclic amines) is 1. The fourth-order valence-corrected chi connectivity index (χ4v) is 4.39. The number of nitrogens with one attached hydrogen (secondary N) is 1. The first-order valence-electron chi connectivity index (χ1n) is 8.95. The number of nitrogens with zero attached hydrogens (tertiary/aromatic N) is 2. The zero-order chi connectivity index (χ0) is 23.0. The molecule has 168 valence electrons. The molecule has 2 N–H and O–H groups in total. The van der Waals surface area contributed by atoms with Crippen molar-refractivity contribution in [3.63, 3.8) is 0 Å². The molecule has 1 fully saturated rings. The highest BCUT2D eigenvalue weighted by Crippen LogP contribution is 2.32. The van der Waals surface area contributed by atoms with Crippen LogP contribution in [0.15, 0.2) is 34.9 Å². The Kier molecular flexibility index (Phi) is 5.98. The van der Waals surface area contributed by atoms with Crippen molar-refractivity contribution in [1.29, 1.82) is 0 Å². The number of hydrogen-bond donors (Lipinski definition) is 2. The van der Waals surface area contributed by atoms with E-state index in [1.54, 1.807) is 0 Å². The molecule has 1 aromatic heterocycles. The topological polar surface area (TPSA) is 130 Å². The van der Waals surface area contributed by atoms with Gasteiger partial charge in [-0.15, -0.1) is 0 Å². The van der Waals surface area contributed by atoms with E-state index in [2.05, 4.69) is 10.3 Å². The Labute approximate surface area is 174 Å². The molecule has 1 aromatic carbocycles. The highest BCUT2D eigenvalue weighted by Gasteiger charge is 2.38. The average Bonchev–Trinajstić information content (AvgIpc) is 3.27. The molecule has 0 aliphatic carbocycles. The monoisotopic (exact) mass is 461 g/mol. The maximum atomic E-state index is 12.9. The first-order chi connectivity index (χ1) is 14.3. The van der Waals surface area contributed by atoms with E-state index in [1.165, 1.54) is 12.1 Å². The number of sulfone groups is 1. The van der Waals surface area contributed by atoms with E-state index >= 15 is 0 Å². The zero-order valence-corrected chi connectivity index (χ0v) is 16.9. The van der Waals surface area contributed by atoms with Crippen LogP contribution in [0.1, 0.15) is 22.7 Å². The van der Waals surface area contributed by atoms with Gasteiger partial charge in [0.25, 0.3) is 5.89 Å². The number of carbonyl (C=O) groups excluding carboxylic acids is 1. The Hall–Kier alpha value is -3.09. The van der Waals surface area contributed by atoms with E-state index in [0.29, 0.717) is 0 Å². The molecule has 2 amide bonds. The Morgan fingerprint density at radius 2 is 2.06 bits per heavy atom. The predicted molar refractivity (Wildman–Crippen MR) is 101 cm³/mol. The van der Waals surface area contributed by atoms with Crippen LogP contribution in [-0.4, -0.2) is 66.0 Å². The number of hydrogen-bond acceptors (Lipinski definition) is 6. The van der Waals surface area contributed by atoms with Crippen molar-refractivity contribution in [2.75, 3.05) is 18.6 Å². The maximum Gasteiger partial charge on any atom is 0.416 e. The second-order valence-electron chi connectivity index (χ2n) is 7.20. The minimum atomic E-state index is -4.54. The summed E-state index contributed by atoms with van der Waals surface area (Å²) in [6, 6.07) is 2.83. The molecule has 0 unspecified atom stereocenters. The summed E-state index contributed by atoms with van der Waals surface area (Å²) in [5.74, 6) is -1.65. The van der Waals surface area contributed by atoms with Crippen LogP contribution in [-0.2, 0) is 16.0 Å². The summed E-state index contributed by atoms with van der Waals surface area (Å²) in [5.41, 5.74) is -0.809. The molecule has 1 aliphatic rings. The number of carbonyl (C=O) groups is 2. The van der Waals surface area contributed by atoms with Gasteiger partial charge in [-0.05, 0) is 18.6 Å². The van der Waals surface area contributed by atoms with Crippen molar-refractivity contribution in [2.45, 2.75) is 24.7 Å². The third-order valence-corrected chi connectivity index (χ3v) is 5.66. The lowest BCUT2D eigenvalue weighted by Crippen LogP contribution is -2.40. The molecule has 0 radical (unpaired) electrons. The van der Waals surface area contributed by atoms with Crippen LogP contribution in [0.3, 0.4) is 0 Å². The lowest BCUT2D eigenvalue weighted by molar-refractivity contribution is -0.137. The van der Waals surface area contributed by atoms with Gasteiger partial charge in [0.15, 0.2) is 5.76 Å². The minimum Gasteiger partial charge on any atom is -0.465 e. The molecule has 13 heteroatoms. The first-order valence-corrected chi connectivity index (χ1v) is 11.0. The number of rotatable bonds is 5. The van der Waals surface area contributed by atoms with Crippen LogP contribution in [0.25, 0.3) is 11.3 Å². The number of aromatic nitrogens is 1. The average molecular weight is 461 g/mol. The number of oxazole rings is 1. The number of carboxylic acid groups (broad SMARTS) is 1. The van der Waals surface area contributed by atoms with Crippen LogP contribution in [0, 0.1) is 0 Å². The number of benzene rings is 1. The fraction of sp³-hybridized carbons (Fsp3) is 0.389. The van der Waals surface area contributed by atoms with Crippen LogP contribution >= 0.6 is 0 Å². The standard InChI is InChI=1S/C18H18F3N3O6S/c1-31(28,29)9-13-6-12(8-24(13)17(26)27)23-15(25)16-22-7-14(30-16)10-3-2-4-11(5-10)18(19,20)21/h2-5,7,12-13H,6,8-9H2,1H3,(H,23,25)(H,26,27)/t12-,13+/m1/s1. The van der Waals surface area contributed by atoms with Gasteiger partial charge >= 0.3 is 18.2 Å². The Bertz CT molecular complexity index is 1100. The molecular weight excluding hydrogens is 443 g/mol. The number of alkyl halides is 3. The van der Waals surface area contributed by atoms with Crippen LogP contribution in [0.5, 0.6) is 0 Å². The summed E-state index contributed by atoms with van der Waals surface area (Å²) in [4.78, 5) is 28.5.